The van der Waals surface area contributed by atoms with Gasteiger partial charge in [0.15, 0.2) is 0 Å². The van der Waals surface area contributed by atoms with E-state index in [0.717, 1.165) is 45.3 Å². The summed E-state index contributed by atoms with van der Waals surface area (Å²) in [6.07, 6.45) is 0.870. The van der Waals surface area contributed by atoms with Gasteiger partial charge in [0, 0.05) is 19.6 Å². The minimum Gasteiger partial charge on any atom is -0.379 e. The van der Waals surface area contributed by atoms with Crippen molar-refractivity contribution in [2.75, 3.05) is 44.7 Å². The smallest absolute Gasteiger partial charge is 0.295 e. The van der Waals surface area contributed by atoms with Gasteiger partial charge >= 0.3 is 0 Å². The molecular formula is C13H18FN3O3. The Bertz CT molecular complexity index is 464. The normalized spacial score (nSPS) is 16.1. The Labute approximate surface area is 116 Å². The molecule has 0 saturated carbocycles. The van der Waals surface area contributed by atoms with Crippen LogP contribution < -0.4 is 5.32 Å². The summed E-state index contributed by atoms with van der Waals surface area (Å²) in [5.74, 6) is -0.601. The zero-order valence-corrected chi connectivity index (χ0v) is 11.2. The highest BCUT2D eigenvalue weighted by molar-refractivity contribution is 5.61. The third-order valence-electron chi connectivity index (χ3n) is 3.23. The quantitative estimate of drug-likeness (QED) is 0.490. The molecule has 1 aromatic rings. The Morgan fingerprint density at radius 1 is 1.40 bits per heavy atom. The van der Waals surface area contributed by atoms with Gasteiger partial charge in [-0.1, -0.05) is 0 Å². The van der Waals surface area contributed by atoms with E-state index in [4.69, 9.17) is 4.74 Å². The largest absolute Gasteiger partial charge is 0.379 e. The molecule has 6 nitrogen and oxygen atoms in total. The Balaban J connectivity index is 1.80. The second-order valence-corrected chi connectivity index (χ2v) is 4.65. The molecule has 1 aliphatic rings. The van der Waals surface area contributed by atoms with Gasteiger partial charge in [0.1, 0.15) is 11.5 Å². The number of nitro benzene ring substituents is 1. The molecule has 0 spiro atoms. The van der Waals surface area contributed by atoms with Crippen molar-refractivity contribution in [3.05, 3.63) is 34.1 Å². The van der Waals surface area contributed by atoms with Crippen molar-refractivity contribution >= 4 is 11.4 Å². The minimum absolute atomic E-state index is 0.226. The molecule has 0 unspecified atom stereocenters. The van der Waals surface area contributed by atoms with E-state index >= 15 is 0 Å². The molecule has 0 atom stereocenters. The third-order valence-corrected chi connectivity index (χ3v) is 3.23. The predicted octanol–water partition coefficient (Wildman–Crippen LogP) is 1.87. The first-order chi connectivity index (χ1) is 9.66. The van der Waals surface area contributed by atoms with Crippen LogP contribution in [0.1, 0.15) is 6.42 Å². The highest BCUT2D eigenvalue weighted by atomic mass is 19.1. The molecule has 0 bridgehead atoms. The zero-order chi connectivity index (χ0) is 14.4. The zero-order valence-electron chi connectivity index (χ0n) is 11.2. The monoisotopic (exact) mass is 283 g/mol. The van der Waals surface area contributed by atoms with Gasteiger partial charge in [-0.25, -0.2) is 4.39 Å². The van der Waals surface area contributed by atoms with Gasteiger partial charge in [-0.3, -0.25) is 15.0 Å². The molecule has 1 heterocycles. The number of nitro groups is 1. The first-order valence-corrected chi connectivity index (χ1v) is 6.65. The fraction of sp³-hybridized carbons (Fsp3) is 0.538. The van der Waals surface area contributed by atoms with Crippen LogP contribution in [0.5, 0.6) is 0 Å². The van der Waals surface area contributed by atoms with Gasteiger partial charge in [0.2, 0.25) is 0 Å². The van der Waals surface area contributed by atoms with Crippen LogP contribution in [0.2, 0.25) is 0 Å². The molecule has 1 aromatic carbocycles. The number of nitrogens with zero attached hydrogens (tertiary/aromatic N) is 2. The molecule has 2 rings (SSSR count). The minimum atomic E-state index is -0.601. The van der Waals surface area contributed by atoms with Crippen molar-refractivity contribution in [1.82, 2.24) is 4.90 Å². The number of ether oxygens (including phenoxy) is 1. The summed E-state index contributed by atoms with van der Waals surface area (Å²) in [6, 6.07) is 3.56. The molecule has 20 heavy (non-hydrogen) atoms. The lowest BCUT2D eigenvalue weighted by atomic mass is 10.2. The molecule has 1 saturated heterocycles. The van der Waals surface area contributed by atoms with Crippen LogP contribution in [-0.4, -0.2) is 49.2 Å². The van der Waals surface area contributed by atoms with Crippen LogP contribution in [0.4, 0.5) is 15.8 Å². The summed E-state index contributed by atoms with van der Waals surface area (Å²) in [5, 5.41) is 13.8. The molecule has 0 radical (unpaired) electrons. The molecule has 0 aromatic heterocycles. The fourth-order valence-electron chi connectivity index (χ4n) is 2.16. The molecular weight excluding hydrogens is 265 g/mol. The summed E-state index contributed by atoms with van der Waals surface area (Å²) >= 11 is 0. The maximum absolute atomic E-state index is 13.0. The lowest BCUT2D eigenvalue weighted by Gasteiger charge is -2.26. The van der Waals surface area contributed by atoms with E-state index in [0.29, 0.717) is 12.2 Å². The Kier molecular flexibility index (Phi) is 5.25. The number of morpholine rings is 1. The molecule has 7 heteroatoms. The Morgan fingerprint density at radius 3 is 2.85 bits per heavy atom. The van der Waals surface area contributed by atoms with Gasteiger partial charge < -0.3 is 10.1 Å². The van der Waals surface area contributed by atoms with Gasteiger partial charge in [-0.15, -0.1) is 0 Å². The number of hydrogen-bond acceptors (Lipinski definition) is 5. The Morgan fingerprint density at radius 2 is 2.15 bits per heavy atom. The van der Waals surface area contributed by atoms with E-state index in [1.165, 1.54) is 12.1 Å². The topological polar surface area (TPSA) is 67.6 Å². The average molecular weight is 283 g/mol. The molecule has 1 N–H and O–H groups in total. The van der Waals surface area contributed by atoms with Crippen molar-refractivity contribution < 1.29 is 14.1 Å². The average Bonchev–Trinajstić information content (AvgIpc) is 2.45. The van der Waals surface area contributed by atoms with Crippen LogP contribution in [-0.2, 0) is 4.74 Å². The van der Waals surface area contributed by atoms with Crippen molar-refractivity contribution in [2.24, 2.45) is 0 Å². The van der Waals surface area contributed by atoms with E-state index in [1.54, 1.807) is 0 Å². The molecule has 1 aliphatic heterocycles. The number of anilines is 1. The second kappa shape index (κ2) is 7.16. The lowest BCUT2D eigenvalue weighted by molar-refractivity contribution is -0.384. The van der Waals surface area contributed by atoms with Gasteiger partial charge in [0.05, 0.1) is 24.2 Å². The summed E-state index contributed by atoms with van der Waals surface area (Å²) in [5.41, 5.74) is 0.134. The van der Waals surface area contributed by atoms with E-state index in [9.17, 15) is 14.5 Å². The van der Waals surface area contributed by atoms with Crippen molar-refractivity contribution in [2.45, 2.75) is 6.42 Å². The van der Waals surface area contributed by atoms with E-state index in [2.05, 4.69) is 10.2 Å². The van der Waals surface area contributed by atoms with Crippen LogP contribution in [0.3, 0.4) is 0 Å². The predicted molar refractivity (Wildman–Crippen MR) is 73.4 cm³/mol. The molecule has 0 amide bonds. The van der Waals surface area contributed by atoms with E-state index in [1.807, 2.05) is 0 Å². The van der Waals surface area contributed by atoms with Crippen LogP contribution in [0.25, 0.3) is 0 Å². The lowest BCUT2D eigenvalue weighted by Crippen LogP contribution is -2.37. The van der Waals surface area contributed by atoms with E-state index in [-0.39, 0.29) is 5.69 Å². The van der Waals surface area contributed by atoms with Gasteiger partial charge in [-0.2, -0.15) is 0 Å². The van der Waals surface area contributed by atoms with Crippen LogP contribution in [0, 0.1) is 15.9 Å². The second-order valence-electron chi connectivity index (χ2n) is 4.65. The molecule has 0 aliphatic carbocycles. The number of nitrogens with one attached hydrogen (secondary N) is 1. The Hall–Kier alpha value is -1.73. The van der Waals surface area contributed by atoms with Crippen LogP contribution in [0.15, 0.2) is 18.2 Å². The number of rotatable bonds is 6. The SMILES string of the molecule is O=[N+]([O-])c1cc(F)ccc1NCCCN1CCOCC1. The highest BCUT2D eigenvalue weighted by Crippen LogP contribution is 2.24. The standard InChI is InChI=1S/C13H18FN3O3/c14-11-2-3-12(13(10-11)17(18)19)15-4-1-5-16-6-8-20-9-7-16/h2-3,10,15H,1,4-9H2. The number of benzene rings is 1. The third kappa shape index (κ3) is 4.14. The van der Waals surface area contributed by atoms with E-state index < -0.39 is 10.7 Å². The first-order valence-electron chi connectivity index (χ1n) is 6.65. The fourth-order valence-corrected chi connectivity index (χ4v) is 2.16. The summed E-state index contributed by atoms with van der Waals surface area (Å²) in [4.78, 5) is 12.6. The van der Waals surface area contributed by atoms with Crippen LogP contribution >= 0.6 is 0 Å². The van der Waals surface area contributed by atoms with Crippen molar-refractivity contribution in [1.29, 1.82) is 0 Å². The maximum atomic E-state index is 13.0. The number of halogens is 1. The summed E-state index contributed by atoms with van der Waals surface area (Å²) in [6.45, 7) is 4.91. The van der Waals surface area contributed by atoms with Gasteiger partial charge in [-0.05, 0) is 25.1 Å². The molecule has 1 fully saturated rings. The van der Waals surface area contributed by atoms with Crippen molar-refractivity contribution in [3.63, 3.8) is 0 Å². The highest BCUT2D eigenvalue weighted by Gasteiger charge is 2.14. The number of hydrogen-bond donors (Lipinski definition) is 1. The molecule has 110 valence electrons. The first kappa shape index (κ1) is 14.7. The summed E-state index contributed by atoms with van der Waals surface area (Å²) < 4.78 is 18.2. The van der Waals surface area contributed by atoms with Gasteiger partial charge in [0.25, 0.3) is 5.69 Å². The maximum Gasteiger partial charge on any atom is 0.295 e. The summed E-state index contributed by atoms with van der Waals surface area (Å²) in [7, 11) is 0. The van der Waals surface area contributed by atoms with Crippen molar-refractivity contribution in [3.8, 4) is 0 Å².